The van der Waals surface area contributed by atoms with Crippen LogP contribution in [0.3, 0.4) is 0 Å². The van der Waals surface area contributed by atoms with Crippen molar-refractivity contribution in [3.05, 3.63) is 35.4 Å². The van der Waals surface area contributed by atoms with Crippen molar-refractivity contribution in [3.8, 4) is 0 Å². The lowest BCUT2D eigenvalue weighted by molar-refractivity contribution is 0.141. The molecule has 1 aromatic rings. The van der Waals surface area contributed by atoms with Crippen LogP contribution in [-0.2, 0) is 0 Å². The van der Waals surface area contributed by atoms with Gasteiger partial charge in [0.05, 0.1) is 0 Å². The highest BCUT2D eigenvalue weighted by molar-refractivity contribution is 5.36. The minimum absolute atomic E-state index is 0.473. The smallest absolute Gasteiger partial charge is 0.0478 e. The fourth-order valence-electron chi connectivity index (χ4n) is 4.18. The summed E-state index contributed by atoms with van der Waals surface area (Å²) in [6.45, 7) is 7.26. The molecule has 2 aliphatic rings. The molecule has 1 heterocycles. The van der Waals surface area contributed by atoms with Crippen molar-refractivity contribution < 1.29 is 0 Å². The van der Waals surface area contributed by atoms with Crippen molar-refractivity contribution in [1.82, 2.24) is 15.1 Å². The summed E-state index contributed by atoms with van der Waals surface area (Å²) in [6.07, 6.45) is 2.56. The molecule has 1 aliphatic carbocycles. The van der Waals surface area contributed by atoms with E-state index in [0.29, 0.717) is 18.0 Å². The van der Waals surface area contributed by atoms with Gasteiger partial charge in [-0.1, -0.05) is 31.2 Å². The average Bonchev–Trinajstić information content (AvgIpc) is 2.72. The molecule has 0 bridgehead atoms. The van der Waals surface area contributed by atoms with Gasteiger partial charge in [-0.15, -0.1) is 0 Å². The van der Waals surface area contributed by atoms with E-state index in [1.165, 1.54) is 44.6 Å². The Balaban J connectivity index is 1.85. The van der Waals surface area contributed by atoms with Gasteiger partial charge in [0.25, 0.3) is 0 Å². The van der Waals surface area contributed by atoms with E-state index >= 15 is 0 Å². The van der Waals surface area contributed by atoms with Crippen LogP contribution in [0.1, 0.15) is 42.9 Å². The van der Waals surface area contributed by atoms with Crippen molar-refractivity contribution in [2.45, 2.75) is 37.8 Å². The SMILES string of the molecule is CNC1c2ccccc2C(C)CC1N1CCCN(C)CC1. The standard InChI is InChI=1S/C18H29N3/c1-14-13-17(21-10-6-9-20(3)11-12-21)18(19-2)16-8-5-4-7-15(14)16/h4-5,7-8,14,17-19H,6,9-13H2,1-3H3. The molecule has 3 rings (SSSR count). The second-order valence-electron chi connectivity index (χ2n) is 6.79. The lowest BCUT2D eigenvalue weighted by Crippen LogP contribution is -2.48. The summed E-state index contributed by atoms with van der Waals surface area (Å²) in [5, 5.41) is 3.60. The monoisotopic (exact) mass is 287 g/mol. The number of rotatable bonds is 2. The highest BCUT2D eigenvalue weighted by Crippen LogP contribution is 2.39. The predicted octanol–water partition coefficient (Wildman–Crippen LogP) is 2.46. The van der Waals surface area contributed by atoms with Gasteiger partial charge in [-0.2, -0.15) is 0 Å². The topological polar surface area (TPSA) is 18.5 Å². The molecule has 1 aromatic carbocycles. The van der Waals surface area contributed by atoms with Gasteiger partial charge in [0.15, 0.2) is 0 Å². The van der Waals surface area contributed by atoms with Gasteiger partial charge in [-0.25, -0.2) is 0 Å². The van der Waals surface area contributed by atoms with E-state index < -0.39 is 0 Å². The van der Waals surface area contributed by atoms with Crippen molar-refractivity contribution >= 4 is 0 Å². The minimum Gasteiger partial charge on any atom is -0.312 e. The molecule has 3 atom stereocenters. The molecule has 0 spiro atoms. The van der Waals surface area contributed by atoms with Crippen molar-refractivity contribution in [2.24, 2.45) is 0 Å². The first-order valence-corrected chi connectivity index (χ1v) is 8.39. The molecule has 3 unspecified atom stereocenters. The zero-order valence-corrected chi connectivity index (χ0v) is 13.7. The van der Waals surface area contributed by atoms with E-state index in [9.17, 15) is 0 Å². The highest BCUT2D eigenvalue weighted by Gasteiger charge is 2.35. The van der Waals surface area contributed by atoms with Crippen molar-refractivity contribution in [2.75, 3.05) is 40.3 Å². The van der Waals surface area contributed by atoms with E-state index in [1.807, 2.05) is 0 Å². The molecule has 0 radical (unpaired) electrons. The molecular weight excluding hydrogens is 258 g/mol. The Morgan fingerprint density at radius 2 is 1.81 bits per heavy atom. The maximum atomic E-state index is 3.60. The fraction of sp³-hybridized carbons (Fsp3) is 0.667. The number of fused-ring (bicyclic) bond motifs is 1. The van der Waals surface area contributed by atoms with Crippen LogP contribution in [0, 0.1) is 0 Å². The summed E-state index contributed by atoms with van der Waals surface area (Å²) in [6, 6.07) is 10.1. The van der Waals surface area contributed by atoms with Crippen LogP contribution in [0.2, 0.25) is 0 Å². The van der Waals surface area contributed by atoms with Gasteiger partial charge in [0.1, 0.15) is 0 Å². The van der Waals surface area contributed by atoms with Gasteiger partial charge in [-0.3, -0.25) is 4.90 Å². The molecule has 3 nitrogen and oxygen atoms in total. The van der Waals surface area contributed by atoms with Crippen molar-refractivity contribution in [1.29, 1.82) is 0 Å². The molecule has 116 valence electrons. The number of nitrogens with one attached hydrogen (secondary N) is 1. The van der Waals surface area contributed by atoms with E-state index in [4.69, 9.17) is 0 Å². The third kappa shape index (κ3) is 3.01. The summed E-state index contributed by atoms with van der Waals surface area (Å²) < 4.78 is 0. The quantitative estimate of drug-likeness (QED) is 0.901. The van der Waals surface area contributed by atoms with Crippen molar-refractivity contribution in [3.63, 3.8) is 0 Å². The Labute approximate surface area is 129 Å². The predicted molar refractivity (Wildman–Crippen MR) is 88.7 cm³/mol. The number of hydrogen-bond acceptors (Lipinski definition) is 3. The maximum Gasteiger partial charge on any atom is 0.0478 e. The average molecular weight is 287 g/mol. The van der Waals surface area contributed by atoms with Crippen LogP contribution in [0.5, 0.6) is 0 Å². The zero-order chi connectivity index (χ0) is 14.8. The molecular formula is C18H29N3. The van der Waals surface area contributed by atoms with E-state index in [0.717, 1.165) is 0 Å². The zero-order valence-electron chi connectivity index (χ0n) is 13.7. The summed E-state index contributed by atoms with van der Waals surface area (Å²) >= 11 is 0. The molecule has 0 amide bonds. The van der Waals surface area contributed by atoms with Gasteiger partial charge < -0.3 is 10.2 Å². The number of nitrogens with zero attached hydrogens (tertiary/aromatic N) is 2. The second-order valence-corrected chi connectivity index (χ2v) is 6.79. The Kier molecular flexibility index (Phi) is 4.63. The molecule has 1 N–H and O–H groups in total. The normalized spacial score (nSPS) is 31.7. The molecule has 1 aliphatic heterocycles. The third-order valence-electron chi connectivity index (χ3n) is 5.38. The highest BCUT2D eigenvalue weighted by atomic mass is 15.2. The van der Waals surface area contributed by atoms with Crippen LogP contribution in [-0.4, -0.2) is 56.1 Å². The van der Waals surface area contributed by atoms with Gasteiger partial charge >= 0.3 is 0 Å². The first-order chi connectivity index (χ1) is 10.2. The molecule has 0 saturated carbocycles. The van der Waals surface area contributed by atoms with Gasteiger partial charge in [-0.05, 0) is 57.1 Å². The van der Waals surface area contributed by atoms with Gasteiger partial charge in [0, 0.05) is 25.2 Å². The first-order valence-electron chi connectivity index (χ1n) is 8.39. The molecule has 3 heteroatoms. The van der Waals surface area contributed by atoms with Crippen LogP contribution in [0.15, 0.2) is 24.3 Å². The van der Waals surface area contributed by atoms with E-state index in [2.05, 4.69) is 60.4 Å². The Morgan fingerprint density at radius 1 is 1.05 bits per heavy atom. The molecule has 1 saturated heterocycles. The maximum absolute atomic E-state index is 3.60. The molecule has 1 fully saturated rings. The number of likely N-dealkylation sites (N-methyl/N-ethyl adjacent to an activating group) is 2. The number of hydrogen-bond donors (Lipinski definition) is 1. The Morgan fingerprint density at radius 3 is 2.57 bits per heavy atom. The lowest BCUT2D eigenvalue weighted by atomic mass is 9.77. The van der Waals surface area contributed by atoms with Crippen LogP contribution >= 0.6 is 0 Å². The van der Waals surface area contributed by atoms with Crippen LogP contribution in [0.4, 0.5) is 0 Å². The third-order valence-corrected chi connectivity index (χ3v) is 5.38. The van der Waals surface area contributed by atoms with E-state index in [-0.39, 0.29) is 0 Å². The second kappa shape index (κ2) is 6.47. The first kappa shape index (κ1) is 15.0. The summed E-state index contributed by atoms with van der Waals surface area (Å²) in [5.41, 5.74) is 3.06. The minimum atomic E-state index is 0.473. The summed E-state index contributed by atoms with van der Waals surface area (Å²) in [5.74, 6) is 0.664. The summed E-state index contributed by atoms with van der Waals surface area (Å²) in [4.78, 5) is 5.20. The molecule has 0 aromatic heterocycles. The lowest BCUT2D eigenvalue weighted by Gasteiger charge is -2.43. The Hall–Kier alpha value is -0.900. The molecule has 21 heavy (non-hydrogen) atoms. The van der Waals surface area contributed by atoms with Gasteiger partial charge in [0.2, 0.25) is 0 Å². The Bertz CT molecular complexity index is 473. The van der Waals surface area contributed by atoms with Crippen LogP contribution in [0.25, 0.3) is 0 Å². The number of benzene rings is 1. The van der Waals surface area contributed by atoms with Crippen LogP contribution < -0.4 is 5.32 Å². The summed E-state index contributed by atoms with van der Waals surface area (Å²) in [7, 11) is 4.37. The van der Waals surface area contributed by atoms with E-state index in [1.54, 1.807) is 5.56 Å². The fourth-order valence-corrected chi connectivity index (χ4v) is 4.18. The largest absolute Gasteiger partial charge is 0.312 e.